The molecule has 2 N–H and O–H groups in total. The molecule has 1 aliphatic rings. The first-order valence-electron chi connectivity index (χ1n) is 5.93. The number of carbonyl (C=O) groups is 1. The number of hydrogen-bond donors (Lipinski definition) is 2. The van der Waals surface area contributed by atoms with E-state index in [0.29, 0.717) is 23.7 Å². The summed E-state index contributed by atoms with van der Waals surface area (Å²) in [5.74, 6) is -0.156. The van der Waals surface area contributed by atoms with Gasteiger partial charge in [0.15, 0.2) is 0 Å². The average molecular weight is 269 g/mol. The van der Waals surface area contributed by atoms with Crippen LogP contribution in [-0.2, 0) is 0 Å². The molecule has 1 amide bonds. The molecule has 1 saturated heterocycles. The smallest absolute Gasteiger partial charge is 0.255 e. The molecule has 0 bridgehead atoms. The van der Waals surface area contributed by atoms with Crippen molar-refractivity contribution in [1.29, 1.82) is 0 Å². The zero-order chi connectivity index (χ0) is 13.3. The number of amides is 1. The fraction of sp³-hybridized carbons (Fsp3) is 0.462. The van der Waals surface area contributed by atoms with Crippen LogP contribution in [0, 0.1) is 6.92 Å². The van der Waals surface area contributed by atoms with E-state index >= 15 is 0 Å². The third-order valence-electron chi connectivity index (χ3n) is 3.39. The molecular formula is C13H17ClN2O2. The fourth-order valence-corrected chi connectivity index (χ4v) is 2.41. The summed E-state index contributed by atoms with van der Waals surface area (Å²) < 4.78 is 0. The summed E-state index contributed by atoms with van der Waals surface area (Å²) in [6.07, 6.45) is -0.525. The van der Waals surface area contributed by atoms with Crippen LogP contribution in [0.2, 0.25) is 5.02 Å². The molecule has 0 unspecified atom stereocenters. The van der Waals surface area contributed by atoms with Crippen molar-refractivity contribution in [3.05, 3.63) is 34.3 Å². The van der Waals surface area contributed by atoms with Crippen LogP contribution in [-0.4, -0.2) is 48.2 Å². The molecule has 2 rings (SSSR count). The van der Waals surface area contributed by atoms with Crippen LogP contribution in [0.15, 0.2) is 18.2 Å². The maximum atomic E-state index is 12.4. The molecule has 1 aromatic rings. The standard InChI is InChI=1S/C13H17ClN2O2/c1-8-4-3-5-9(12(8)14)13(18)16(2)10-6-15-7-11(10)17/h3-5,10-11,15,17H,6-7H2,1-2H3/t10-,11-/m0/s1. The molecule has 0 spiro atoms. The number of nitrogens with one attached hydrogen (secondary N) is 1. The molecule has 0 aliphatic carbocycles. The first-order chi connectivity index (χ1) is 8.52. The molecule has 0 aromatic heterocycles. The third-order valence-corrected chi connectivity index (χ3v) is 3.89. The van der Waals surface area contributed by atoms with Gasteiger partial charge in [0.1, 0.15) is 0 Å². The molecule has 1 fully saturated rings. The van der Waals surface area contributed by atoms with Gasteiger partial charge in [0.2, 0.25) is 0 Å². The van der Waals surface area contributed by atoms with Crippen LogP contribution >= 0.6 is 11.6 Å². The number of hydrogen-bond acceptors (Lipinski definition) is 3. The number of nitrogens with zero attached hydrogens (tertiary/aromatic N) is 1. The van der Waals surface area contributed by atoms with Crippen LogP contribution < -0.4 is 5.32 Å². The normalized spacial score (nSPS) is 23.1. The second-order valence-electron chi connectivity index (χ2n) is 4.65. The minimum absolute atomic E-state index is 0.156. The van der Waals surface area contributed by atoms with Gasteiger partial charge in [-0.1, -0.05) is 23.7 Å². The number of rotatable bonds is 2. The summed E-state index contributed by atoms with van der Waals surface area (Å²) in [5.41, 5.74) is 1.36. The van der Waals surface area contributed by atoms with Gasteiger partial charge in [0.05, 0.1) is 22.7 Å². The highest BCUT2D eigenvalue weighted by molar-refractivity contribution is 6.34. The van der Waals surface area contributed by atoms with Crippen LogP contribution in [0.5, 0.6) is 0 Å². The van der Waals surface area contributed by atoms with Crippen LogP contribution in [0.3, 0.4) is 0 Å². The molecular weight excluding hydrogens is 252 g/mol. The van der Waals surface area contributed by atoms with Gasteiger partial charge in [-0.15, -0.1) is 0 Å². The van der Waals surface area contributed by atoms with E-state index in [0.717, 1.165) is 5.56 Å². The zero-order valence-corrected chi connectivity index (χ0v) is 11.2. The van der Waals surface area contributed by atoms with Crippen molar-refractivity contribution in [1.82, 2.24) is 10.2 Å². The highest BCUT2D eigenvalue weighted by Crippen LogP contribution is 2.22. The number of likely N-dealkylation sites (N-methyl/N-ethyl adjacent to an activating group) is 1. The Labute approximate surface area is 112 Å². The highest BCUT2D eigenvalue weighted by Gasteiger charge is 2.32. The fourth-order valence-electron chi connectivity index (χ4n) is 2.20. The van der Waals surface area contributed by atoms with E-state index in [2.05, 4.69) is 5.32 Å². The van der Waals surface area contributed by atoms with Crippen molar-refractivity contribution in [3.63, 3.8) is 0 Å². The van der Waals surface area contributed by atoms with Gasteiger partial charge in [-0.25, -0.2) is 0 Å². The maximum Gasteiger partial charge on any atom is 0.255 e. The minimum Gasteiger partial charge on any atom is -0.390 e. The van der Waals surface area contributed by atoms with E-state index in [1.165, 1.54) is 0 Å². The molecule has 0 saturated carbocycles. The van der Waals surface area contributed by atoms with Crippen molar-refractivity contribution in [3.8, 4) is 0 Å². The van der Waals surface area contributed by atoms with E-state index in [9.17, 15) is 9.90 Å². The summed E-state index contributed by atoms with van der Waals surface area (Å²) in [6.45, 7) is 2.99. The van der Waals surface area contributed by atoms with Gasteiger partial charge in [0.25, 0.3) is 5.91 Å². The molecule has 1 aromatic carbocycles. The van der Waals surface area contributed by atoms with E-state index in [1.807, 2.05) is 19.1 Å². The number of aryl methyl sites for hydroxylation is 1. The van der Waals surface area contributed by atoms with Crippen LogP contribution in [0.1, 0.15) is 15.9 Å². The van der Waals surface area contributed by atoms with Gasteiger partial charge in [-0.05, 0) is 18.6 Å². The Hall–Kier alpha value is -1.10. The molecule has 1 aliphatic heterocycles. The molecule has 5 heteroatoms. The van der Waals surface area contributed by atoms with Crippen molar-refractivity contribution in [2.75, 3.05) is 20.1 Å². The van der Waals surface area contributed by atoms with Crippen LogP contribution in [0.25, 0.3) is 0 Å². The number of halogens is 1. The Morgan fingerprint density at radius 3 is 2.83 bits per heavy atom. The Morgan fingerprint density at radius 1 is 1.50 bits per heavy atom. The van der Waals surface area contributed by atoms with E-state index in [-0.39, 0.29) is 11.9 Å². The van der Waals surface area contributed by atoms with Gasteiger partial charge >= 0.3 is 0 Å². The number of aliphatic hydroxyl groups excluding tert-OH is 1. The Bertz CT molecular complexity index is 464. The van der Waals surface area contributed by atoms with Gasteiger partial charge in [-0.2, -0.15) is 0 Å². The predicted molar refractivity (Wildman–Crippen MR) is 70.9 cm³/mol. The average Bonchev–Trinajstić information content (AvgIpc) is 2.77. The van der Waals surface area contributed by atoms with Gasteiger partial charge in [-0.3, -0.25) is 4.79 Å². The highest BCUT2D eigenvalue weighted by atomic mass is 35.5. The number of β-amino-alcohol motifs (C(OH)–C–C–N with tert-alkyl or cyclic N) is 1. The summed E-state index contributed by atoms with van der Waals surface area (Å²) in [5, 5.41) is 13.3. The molecule has 18 heavy (non-hydrogen) atoms. The molecule has 4 nitrogen and oxygen atoms in total. The second-order valence-corrected chi connectivity index (χ2v) is 5.02. The van der Waals surface area contributed by atoms with Crippen molar-refractivity contribution >= 4 is 17.5 Å². The molecule has 1 heterocycles. The molecule has 98 valence electrons. The quantitative estimate of drug-likeness (QED) is 0.843. The minimum atomic E-state index is -0.525. The SMILES string of the molecule is Cc1cccc(C(=O)N(C)[C@H]2CNC[C@@H]2O)c1Cl. The van der Waals surface area contributed by atoms with E-state index in [1.54, 1.807) is 18.0 Å². The summed E-state index contributed by atoms with van der Waals surface area (Å²) in [6, 6.07) is 5.19. The lowest BCUT2D eigenvalue weighted by atomic mass is 10.1. The second kappa shape index (κ2) is 5.26. The number of benzene rings is 1. The monoisotopic (exact) mass is 268 g/mol. The first kappa shape index (κ1) is 13.3. The summed E-state index contributed by atoms with van der Waals surface area (Å²) in [4.78, 5) is 13.9. The van der Waals surface area contributed by atoms with Crippen LogP contribution in [0.4, 0.5) is 0 Å². The lowest BCUT2D eigenvalue weighted by Crippen LogP contribution is -2.44. The summed E-state index contributed by atoms with van der Waals surface area (Å²) in [7, 11) is 1.70. The first-order valence-corrected chi connectivity index (χ1v) is 6.31. The van der Waals surface area contributed by atoms with Gasteiger partial charge in [0, 0.05) is 20.1 Å². The van der Waals surface area contributed by atoms with Crippen molar-refractivity contribution in [2.24, 2.45) is 0 Å². The van der Waals surface area contributed by atoms with Crippen molar-refractivity contribution < 1.29 is 9.90 Å². The number of carbonyl (C=O) groups excluding carboxylic acids is 1. The Kier molecular flexibility index (Phi) is 3.90. The molecule has 0 radical (unpaired) electrons. The Morgan fingerprint density at radius 2 is 2.22 bits per heavy atom. The largest absolute Gasteiger partial charge is 0.390 e. The molecule has 2 atom stereocenters. The van der Waals surface area contributed by atoms with Gasteiger partial charge < -0.3 is 15.3 Å². The van der Waals surface area contributed by atoms with Crippen molar-refractivity contribution in [2.45, 2.75) is 19.1 Å². The van der Waals surface area contributed by atoms with E-state index < -0.39 is 6.10 Å². The lowest BCUT2D eigenvalue weighted by Gasteiger charge is -2.27. The lowest BCUT2D eigenvalue weighted by molar-refractivity contribution is 0.0581. The maximum absolute atomic E-state index is 12.4. The third kappa shape index (κ3) is 2.36. The predicted octanol–water partition coefficient (Wildman–Crippen LogP) is 1.05. The Balaban J connectivity index is 2.23. The van der Waals surface area contributed by atoms with E-state index in [4.69, 9.17) is 11.6 Å². The number of aliphatic hydroxyl groups is 1. The topological polar surface area (TPSA) is 52.6 Å². The zero-order valence-electron chi connectivity index (χ0n) is 10.5. The summed E-state index contributed by atoms with van der Waals surface area (Å²) >= 11 is 6.15.